The Morgan fingerprint density at radius 3 is 2.53 bits per heavy atom. The van der Waals surface area contributed by atoms with Crippen LogP contribution < -0.4 is 15.8 Å². The third kappa shape index (κ3) is 2.76. The first-order valence-corrected chi connectivity index (χ1v) is 5.67. The van der Waals surface area contributed by atoms with Gasteiger partial charge in [-0.3, -0.25) is 0 Å². The van der Waals surface area contributed by atoms with E-state index in [0.29, 0.717) is 16.9 Å². The zero-order chi connectivity index (χ0) is 14.0. The molecule has 0 aliphatic rings. The van der Waals surface area contributed by atoms with E-state index in [1.807, 2.05) is 0 Å². The van der Waals surface area contributed by atoms with E-state index in [2.05, 4.69) is 5.32 Å². The standard InChI is InChI=1S/C14H14F2N2O/c1-8-5-13(12(17)7-11(8)16)18-9-3-4-10(15)14(6-9)19-2/h3-7,18H,17H2,1-2H3. The van der Waals surface area contributed by atoms with Crippen LogP contribution in [0.5, 0.6) is 5.75 Å². The number of nitrogens with two attached hydrogens (primary N) is 1. The molecule has 3 N–H and O–H groups in total. The van der Waals surface area contributed by atoms with E-state index in [1.54, 1.807) is 19.1 Å². The highest BCUT2D eigenvalue weighted by molar-refractivity contribution is 5.73. The van der Waals surface area contributed by atoms with Gasteiger partial charge in [0.15, 0.2) is 11.6 Å². The molecule has 19 heavy (non-hydrogen) atoms. The van der Waals surface area contributed by atoms with E-state index in [-0.39, 0.29) is 17.3 Å². The third-order valence-electron chi connectivity index (χ3n) is 2.76. The topological polar surface area (TPSA) is 47.3 Å². The number of ether oxygens (including phenoxy) is 1. The van der Waals surface area contributed by atoms with Crippen LogP contribution in [0.25, 0.3) is 0 Å². The largest absolute Gasteiger partial charge is 0.494 e. The predicted molar refractivity (Wildman–Crippen MR) is 71.8 cm³/mol. The Balaban J connectivity index is 2.33. The number of hydrogen-bond donors (Lipinski definition) is 2. The predicted octanol–water partition coefficient (Wildman–Crippen LogP) is 3.61. The van der Waals surface area contributed by atoms with Crippen LogP contribution in [0.1, 0.15) is 5.56 Å². The number of nitrogens with one attached hydrogen (secondary N) is 1. The quantitative estimate of drug-likeness (QED) is 0.832. The maximum atomic E-state index is 13.3. The number of anilines is 3. The summed E-state index contributed by atoms with van der Waals surface area (Å²) in [6, 6.07) is 7.19. The van der Waals surface area contributed by atoms with Gasteiger partial charge in [0.2, 0.25) is 0 Å². The van der Waals surface area contributed by atoms with E-state index in [1.165, 1.54) is 25.3 Å². The molecule has 0 saturated heterocycles. The molecule has 0 bridgehead atoms. The number of nitrogen functional groups attached to an aromatic ring is 1. The van der Waals surface area contributed by atoms with E-state index in [9.17, 15) is 8.78 Å². The van der Waals surface area contributed by atoms with E-state index in [4.69, 9.17) is 10.5 Å². The molecule has 0 amide bonds. The van der Waals surface area contributed by atoms with Crippen LogP contribution in [0, 0.1) is 18.6 Å². The zero-order valence-corrected chi connectivity index (χ0v) is 10.6. The highest BCUT2D eigenvalue weighted by Gasteiger charge is 2.07. The average molecular weight is 264 g/mol. The van der Waals surface area contributed by atoms with Crippen LogP contribution in [0.15, 0.2) is 30.3 Å². The maximum Gasteiger partial charge on any atom is 0.165 e. The fraction of sp³-hybridized carbons (Fsp3) is 0.143. The second-order valence-corrected chi connectivity index (χ2v) is 4.16. The fourth-order valence-electron chi connectivity index (χ4n) is 1.70. The summed E-state index contributed by atoms with van der Waals surface area (Å²) in [6.07, 6.45) is 0. The number of aryl methyl sites for hydroxylation is 1. The molecule has 0 fully saturated rings. The lowest BCUT2D eigenvalue weighted by Gasteiger charge is -2.12. The zero-order valence-electron chi connectivity index (χ0n) is 10.6. The Bertz CT molecular complexity index is 615. The maximum absolute atomic E-state index is 13.3. The minimum Gasteiger partial charge on any atom is -0.494 e. The molecule has 0 radical (unpaired) electrons. The van der Waals surface area contributed by atoms with Gasteiger partial charge in [0, 0.05) is 11.8 Å². The van der Waals surface area contributed by atoms with Gasteiger partial charge in [0.25, 0.3) is 0 Å². The number of methoxy groups -OCH3 is 1. The summed E-state index contributed by atoms with van der Waals surface area (Å²) in [6.45, 7) is 1.64. The van der Waals surface area contributed by atoms with Gasteiger partial charge in [-0.15, -0.1) is 0 Å². The van der Waals surface area contributed by atoms with Gasteiger partial charge in [-0.2, -0.15) is 0 Å². The highest BCUT2D eigenvalue weighted by Crippen LogP contribution is 2.28. The summed E-state index contributed by atoms with van der Waals surface area (Å²) in [5.41, 5.74) is 7.66. The number of rotatable bonds is 3. The number of halogens is 2. The van der Waals surface area contributed by atoms with Crippen molar-refractivity contribution in [1.82, 2.24) is 0 Å². The van der Waals surface area contributed by atoms with Gasteiger partial charge in [-0.25, -0.2) is 8.78 Å². The Morgan fingerprint density at radius 2 is 1.84 bits per heavy atom. The molecular formula is C14H14F2N2O. The summed E-state index contributed by atoms with van der Waals surface area (Å²) in [4.78, 5) is 0. The van der Waals surface area contributed by atoms with Gasteiger partial charge in [-0.05, 0) is 36.8 Å². The van der Waals surface area contributed by atoms with Gasteiger partial charge < -0.3 is 15.8 Å². The van der Waals surface area contributed by atoms with Crippen LogP contribution in [0.4, 0.5) is 25.8 Å². The second-order valence-electron chi connectivity index (χ2n) is 4.16. The monoisotopic (exact) mass is 264 g/mol. The molecule has 0 aliphatic heterocycles. The Morgan fingerprint density at radius 1 is 1.11 bits per heavy atom. The molecule has 100 valence electrons. The van der Waals surface area contributed by atoms with Gasteiger partial charge in [0.1, 0.15) is 5.82 Å². The van der Waals surface area contributed by atoms with Crippen LogP contribution >= 0.6 is 0 Å². The van der Waals surface area contributed by atoms with Gasteiger partial charge in [-0.1, -0.05) is 0 Å². The van der Waals surface area contributed by atoms with Gasteiger partial charge >= 0.3 is 0 Å². The average Bonchev–Trinajstić information content (AvgIpc) is 2.38. The molecule has 0 heterocycles. The molecule has 5 heteroatoms. The number of benzene rings is 2. The molecule has 0 aliphatic carbocycles. The van der Waals surface area contributed by atoms with Crippen molar-refractivity contribution in [1.29, 1.82) is 0 Å². The van der Waals surface area contributed by atoms with Crippen LogP contribution in [-0.2, 0) is 0 Å². The molecule has 0 unspecified atom stereocenters. The first-order valence-electron chi connectivity index (χ1n) is 5.67. The lowest BCUT2D eigenvalue weighted by atomic mass is 10.1. The van der Waals surface area contributed by atoms with Crippen molar-refractivity contribution >= 4 is 17.1 Å². The Hall–Kier alpha value is -2.30. The molecule has 0 saturated carbocycles. The van der Waals surface area contributed by atoms with Crippen molar-refractivity contribution in [3.8, 4) is 5.75 Å². The van der Waals surface area contributed by atoms with Crippen molar-refractivity contribution in [2.75, 3.05) is 18.2 Å². The lowest BCUT2D eigenvalue weighted by molar-refractivity contribution is 0.387. The molecule has 0 spiro atoms. The van der Waals surface area contributed by atoms with Crippen molar-refractivity contribution in [2.24, 2.45) is 0 Å². The first kappa shape index (κ1) is 13.1. The smallest absolute Gasteiger partial charge is 0.165 e. The van der Waals surface area contributed by atoms with Crippen molar-refractivity contribution in [3.63, 3.8) is 0 Å². The Labute approximate surface area is 110 Å². The summed E-state index contributed by atoms with van der Waals surface area (Å²) in [5.74, 6) is -0.682. The highest BCUT2D eigenvalue weighted by atomic mass is 19.1. The summed E-state index contributed by atoms with van der Waals surface area (Å²) >= 11 is 0. The fourth-order valence-corrected chi connectivity index (χ4v) is 1.70. The second kappa shape index (κ2) is 5.14. The summed E-state index contributed by atoms with van der Waals surface area (Å²) < 4.78 is 31.5. The molecule has 0 atom stereocenters. The minimum atomic E-state index is -0.448. The SMILES string of the molecule is COc1cc(Nc2cc(C)c(F)cc2N)ccc1F. The summed E-state index contributed by atoms with van der Waals surface area (Å²) in [5, 5.41) is 3.00. The molecular weight excluding hydrogens is 250 g/mol. The normalized spacial score (nSPS) is 10.3. The summed E-state index contributed by atoms with van der Waals surface area (Å²) in [7, 11) is 1.39. The van der Waals surface area contributed by atoms with Crippen LogP contribution in [-0.4, -0.2) is 7.11 Å². The third-order valence-corrected chi connectivity index (χ3v) is 2.76. The lowest BCUT2D eigenvalue weighted by Crippen LogP contribution is -1.99. The van der Waals surface area contributed by atoms with Crippen molar-refractivity contribution in [2.45, 2.75) is 6.92 Å². The van der Waals surface area contributed by atoms with Crippen molar-refractivity contribution < 1.29 is 13.5 Å². The molecule has 0 aromatic heterocycles. The molecule has 2 aromatic carbocycles. The van der Waals surface area contributed by atoms with Crippen LogP contribution in [0.2, 0.25) is 0 Å². The molecule has 2 aromatic rings. The molecule has 3 nitrogen and oxygen atoms in total. The van der Waals surface area contributed by atoms with E-state index in [0.717, 1.165) is 0 Å². The van der Waals surface area contributed by atoms with Gasteiger partial charge in [0.05, 0.1) is 18.5 Å². The van der Waals surface area contributed by atoms with Crippen molar-refractivity contribution in [3.05, 3.63) is 47.5 Å². The van der Waals surface area contributed by atoms with E-state index >= 15 is 0 Å². The Kier molecular flexibility index (Phi) is 3.55. The minimum absolute atomic E-state index is 0.127. The number of hydrogen-bond acceptors (Lipinski definition) is 3. The first-order chi connectivity index (χ1) is 9.01. The van der Waals surface area contributed by atoms with E-state index < -0.39 is 5.82 Å². The van der Waals surface area contributed by atoms with Crippen LogP contribution in [0.3, 0.4) is 0 Å². The molecule has 2 rings (SSSR count).